The van der Waals surface area contributed by atoms with Crippen molar-refractivity contribution in [3.05, 3.63) is 0 Å². The van der Waals surface area contributed by atoms with Gasteiger partial charge in [-0.1, -0.05) is 6.92 Å². The summed E-state index contributed by atoms with van der Waals surface area (Å²) in [6.07, 6.45) is 1.25. The lowest BCUT2D eigenvalue weighted by Crippen LogP contribution is -2.46. The van der Waals surface area contributed by atoms with Gasteiger partial charge in [-0.2, -0.15) is 0 Å². The largest absolute Gasteiger partial charge is 0.353 e. The molecule has 17 heavy (non-hydrogen) atoms. The second-order valence-corrected chi connectivity index (χ2v) is 5.34. The molecule has 100 valence electrons. The van der Waals surface area contributed by atoms with Crippen molar-refractivity contribution >= 4 is 5.91 Å². The van der Waals surface area contributed by atoms with E-state index in [9.17, 15) is 4.79 Å². The van der Waals surface area contributed by atoms with Crippen LogP contribution in [0.3, 0.4) is 0 Å². The van der Waals surface area contributed by atoms with Gasteiger partial charge in [-0.15, -0.1) is 0 Å². The number of carbonyl (C=O) groups is 1. The van der Waals surface area contributed by atoms with Crippen LogP contribution in [-0.2, 0) is 4.79 Å². The van der Waals surface area contributed by atoms with E-state index in [4.69, 9.17) is 0 Å². The summed E-state index contributed by atoms with van der Waals surface area (Å²) in [4.78, 5) is 14.2. The van der Waals surface area contributed by atoms with Gasteiger partial charge in [0.1, 0.15) is 0 Å². The summed E-state index contributed by atoms with van der Waals surface area (Å²) in [5, 5.41) is 6.26. The van der Waals surface area contributed by atoms with Crippen molar-refractivity contribution in [1.82, 2.24) is 15.5 Å². The van der Waals surface area contributed by atoms with Gasteiger partial charge in [0.25, 0.3) is 0 Å². The van der Waals surface area contributed by atoms with E-state index in [0.717, 1.165) is 13.1 Å². The quantitative estimate of drug-likeness (QED) is 0.724. The molecular formula is C13H27N3O. The van der Waals surface area contributed by atoms with E-state index in [1.54, 1.807) is 0 Å². The Balaban J connectivity index is 2.19. The van der Waals surface area contributed by atoms with E-state index in [1.165, 1.54) is 19.5 Å². The molecule has 2 atom stereocenters. The number of nitrogens with zero attached hydrogens (tertiary/aromatic N) is 1. The topological polar surface area (TPSA) is 44.4 Å². The van der Waals surface area contributed by atoms with Gasteiger partial charge >= 0.3 is 0 Å². The molecule has 4 nitrogen and oxygen atoms in total. The zero-order valence-electron chi connectivity index (χ0n) is 11.6. The van der Waals surface area contributed by atoms with Crippen LogP contribution in [0.4, 0.5) is 0 Å². The summed E-state index contributed by atoms with van der Waals surface area (Å²) in [5.74, 6) is 0.801. The fourth-order valence-corrected chi connectivity index (χ4v) is 2.21. The van der Waals surface area contributed by atoms with Gasteiger partial charge in [0.05, 0.1) is 6.04 Å². The average molecular weight is 241 g/mol. The molecule has 0 spiro atoms. The number of hydrogen-bond acceptors (Lipinski definition) is 3. The molecule has 0 saturated carbocycles. The molecule has 1 rings (SSSR count). The molecule has 0 radical (unpaired) electrons. The number of nitrogens with one attached hydrogen (secondary N) is 2. The predicted octanol–water partition coefficient (Wildman–Crippen LogP) is 0.831. The van der Waals surface area contributed by atoms with E-state index in [0.29, 0.717) is 5.92 Å². The Labute approximate surface area is 105 Å². The highest BCUT2D eigenvalue weighted by Crippen LogP contribution is 2.14. The number of rotatable bonds is 6. The number of likely N-dealkylation sites (tertiary alicyclic amines) is 1. The highest BCUT2D eigenvalue weighted by atomic mass is 16.2. The standard InChI is InChI=1S/C13H27N3O/c1-5-16-7-6-12(9-16)8-14-11(4)13(17)15-10(2)3/h10-12,14H,5-9H2,1-4H3,(H,15,17). The van der Waals surface area contributed by atoms with Gasteiger partial charge in [0.2, 0.25) is 5.91 Å². The molecule has 1 heterocycles. The number of carbonyl (C=O) groups excluding carboxylic acids is 1. The molecule has 1 fully saturated rings. The molecule has 1 amide bonds. The molecule has 1 saturated heterocycles. The maximum absolute atomic E-state index is 11.7. The van der Waals surface area contributed by atoms with Crippen LogP contribution >= 0.6 is 0 Å². The molecular weight excluding hydrogens is 214 g/mol. The third-order valence-corrected chi connectivity index (χ3v) is 3.35. The first-order valence-corrected chi connectivity index (χ1v) is 6.79. The summed E-state index contributed by atoms with van der Waals surface area (Å²) in [7, 11) is 0. The Morgan fingerprint density at radius 1 is 1.41 bits per heavy atom. The Kier molecular flexibility index (Phi) is 5.92. The maximum atomic E-state index is 11.7. The molecule has 0 aromatic carbocycles. The smallest absolute Gasteiger partial charge is 0.237 e. The van der Waals surface area contributed by atoms with Crippen LogP contribution in [0.1, 0.15) is 34.1 Å². The second kappa shape index (κ2) is 6.97. The number of amides is 1. The van der Waals surface area contributed by atoms with Crippen molar-refractivity contribution in [2.75, 3.05) is 26.2 Å². The zero-order chi connectivity index (χ0) is 12.8. The summed E-state index contributed by atoms with van der Waals surface area (Å²) >= 11 is 0. The van der Waals surface area contributed by atoms with Crippen LogP contribution in [0.15, 0.2) is 0 Å². The average Bonchev–Trinajstić information content (AvgIpc) is 2.72. The zero-order valence-corrected chi connectivity index (χ0v) is 11.6. The normalized spacial score (nSPS) is 23.0. The third kappa shape index (κ3) is 5.04. The lowest BCUT2D eigenvalue weighted by Gasteiger charge is -2.18. The number of hydrogen-bond donors (Lipinski definition) is 2. The van der Waals surface area contributed by atoms with Crippen molar-refractivity contribution in [3.8, 4) is 0 Å². The van der Waals surface area contributed by atoms with E-state index in [2.05, 4.69) is 22.5 Å². The lowest BCUT2D eigenvalue weighted by molar-refractivity contribution is -0.123. The fourth-order valence-electron chi connectivity index (χ4n) is 2.21. The lowest BCUT2D eigenvalue weighted by atomic mass is 10.1. The first-order valence-electron chi connectivity index (χ1n) is 6.79. The van der Waals surface area contributed by atoms with E-state index in [-0.39, 0.29) is 18.0 Å². The van der Waals surface area contributed by atoms with Crippen LogP contribution in [0.25, 0.3) is 0 Å². The molecule has 0 aromatic rings. The molecule has 4 heteroatoms. The molecule has 2 unspecified atom stereocenters. The van der Waals surface area contributed by atoms with Gasteiger partial charge in [-0.3, -0.25) is 4.79 Å². The highest BCUT2D eigenvalue weighted by molar-refractivity contribution is 5.81. The Hall–Kier alpha value is -0.610. The van der Waals surface area contributed by atoms with Gasteiger partial charge in [0.15, 0.2) is 0 Å². The summed E-state index contributed by atoms with van der Waals surface area (Å²) < 4.78 is 0. The SMILES string of the molecule is CCN1CCC(CNC(C)C(=O)NC(C)C)C1. The predicted molar refractivity (Wildman–Crippen MR) is 71.0 cm³/mol. The molecule has 2 N–H and O–H groups in total. The van der Waals surface area contributed by atoms with Gasteiger partial charge in [0, 0.05) is 12.6 Å². The molecule has 0 aromatic heterocycles. The van der Waals surface area contributed by atoms with E-state index in [1.807, 2.05) is 20.8 Å². The van der Waals surface area contributed by atoms with Crippen molar-refractivity contribution in [1.29, 1.82) is 0 Å². The highest BCUT2D eigenvalue weighted by Gasteiger charge is 2.22. The minimum Gasteiger partial charge on any atom is -0.353 e. The van der Waals surface area contributed by atoms with Crippen LogP contribution < -0.4 is 10.6 Å². The molecule has 1 aliphatic heterocycles. The van der Waals surface area contributed by atoms with Crippen molar-refractivity contribution in [3.63, 3.8) is 0 Å². The van der Waals surface area contributed by atoms with Gasteiger partial charge in [-0.05, 0) is 52.7 Å². The molecule has 0 bridgehead atoms. The summed E-state index contributed by atoms with van der Waals surface area (Å²) in [5.41, 5.74) is 0. The summed E-state index contributed by atoms with van der Waals surface area (Å²) in [6.45, 7) is 12.6. The van der Waals surface area contributed by atoms with Crippen molar-refractivity contribution in [2.24, 2.45) is 5.92 Å². The van der Waals surface area contributed by atoms with Gasteiger partial charge < -0.3 is 15.5 Å². The minimum absolute atomic E-state index is 0.0897. The van der Waals surface area contributed by atoms with Crippen LogP contribution in [0.5, 0.6) is 0 Å². The van der Waals surface area contributed by atoms with E-state index < -0.39 is 0 Å². The Morgan fingerprint density at radius 2 is 2.12 bits per heavy atom. The minimum atomic E-state index is -0.0897. The second-order valence-electron chi connectivity index (χ2n) is 5.34. The molecule has 1 aliphatic rings. The third-order valence-electron chi connectivity index (χ3n) is 3.35. The first-order chi connectivity index (χ1) is 8.02. The van der Waals surface area contributed by atoms with Crippen LogP contribution in [0.2, 0.25) is 0 Å². The monoisotopic (exact) mass is 241 g/mol. The molecule has 0 aliphatic carbocycles. The van der Waals surface area contributed by atoms with Crippen molar-refractivity contribution in [2.45, 2.75) is 46.2 Å². The first kappa shape index (κ1) is 14.5. The van der Waals surface area contributed by atoms with E-state index >= 15 is 0 Å². The van der Waals surface area contributed by atoms with Gasteiger partial charge in [-0.25, -0.2) is 0 Å². The van der Waals surface area contributed by atoms with Crippen LogP contribution in [0, 0.1) is 5.92 Å². The maximum Gasteiger partial charge on any atom is 0.237 e. The summed E-state index contributed by atoms with van der Waals surface area (Å²) in [6, 6.07) is 0.127. The fraction of sp³-hybridized carbons (Fsp3) is 0.923. The Morgan fingerprint density at radius 3 is 2.65 bits per heavy atom. The van der Waals surface area contributed by atoms with Crippen molar-refractivity contribution < 1.29 is 4.79 Å². The Bertz CT molecular complexity index is 243. The van der Waals surface area contributed by atoms with Crippen LogP contribution in [-0.4, -0.2) is 49.1 Å².